The molecule has 0 fully saturated rings. The lowest BCUT2D eigenvalue weighted by molar-refractivity contribution is 0.111. The fraction of sp³-hybridized carbons (Fsp3) is 1.00. The standard InChI is InChI=1S/C7H19NO3Si/c1-5-7(6-8)12(9-2,10-3)11-4/h7H,5-6,8H2,1-4H3. The van der Waals surface area contributed by atoms with Crippen molar-refractivity contribution < 1.29 is 13.3 Å². The van der Waals surface area contributed by atoms with E-state index in [9.17, 15) is 0 Å². The van der Waals surface area contributed by atoms with E-state index in [0.29, 0.717) is 6.54 Å². The van der Waals surface area contributed by atoms with Crippen LogP contribution in [0, 0.1) is 0 Å². The minimum atomic E-state index is -2.47. The van der Waals surface area contributed by atoms with Crippen LogP contribution in [0.25, 0.3) is 0 Å². The largest absolute Gasteiger partial charge is 0.504 e. The quantitative estimate of drug-likeness (QED) is 0.628. The fourth-order valence-corrected chi connectivity index (χ4v) is 3.60. The summed E-state index contributed by atoms with van der Waals surface area (Å²) in [6.45, 7) is 2.59. The van der Waals surface area contributed by atoms with Crippen LogP contribution in [0.2, 0.25) is 5.54 Å². The average molecular weight is 193 g/mol. The molecule has 0 aromatic rings. The van der Waals surface area contributed by atoms with Gasteiger partial charge in [-0.3, -0.25) is 0 Å². The minimum Gasteiger partial charge on any atom is -0.377 e. The Morgan fingerprint density at radius 3 is 1.67 bits per heavy atom. The molecule has 1 unspecified atom stereocenters. The zero-order chi connectivity index (χ0) is 9.61. The molecule has 2 N–H and O–H groups in total. The van der Waals surface area contributed by atoms with Crippen LogP contribution in [0.3, 0.4) is 0 Å². The van der Waals surface area contributed by atoms with Gasteiger partial charge in [0.1, 0.15) is 0 Å². The second-order valence-corrected chi connectivity index (χ2v) is 5.81. The van der Waals surface area contributed by atoms with Gasteiger partial charge >= 0.3 is 8.80 Å². The van der Waals surface area contributed by atoms with E-state index in [1.54, 1.807) is 21.3 Å². The first-order valence-corrected chi connectivity index (χ1v) is 5.86. The number of rotatable bonds is 6. The summed E-state index contributed by atoms with van der Waals surface area (Å²) in [5.41, 5.74) is 5.78. The molecule has 12 heavy (non-hydrogen) atoms. The Bertz CT molecular complexity index is 107. The van der Waals surface area contributed by atoms with Gasteiger partial charge in [-0.2, -0.15) is 0 Å². The van der Waals surface area contributed by atoms with E-state index in [4.69, 9.17) is 19.0 Å². The Kier molecular flexibility index (Phi) is 5.69. The van der Waals surface area contributed by atoms with Gasteiger partial charge < -0.3 is 19.0 Å². The Hall–Kier alpha value is 0.0569. The lowest BCUT2D eigenvalue weighted by Crippen LogP contribution is -2.49. The monoisotopic (exact) mass is 193 g/mol. The maximum atomic E-state index is 5.59. The molecule has 0 aromatic carbocycles. The molecule has 0 saturated heterocycles. The Balaban J connectivity index is 4.42. The summed E-state index contributed by atoms with van der Waals surface area (Å²) >= 11 is 0. The highest BCUT2D eigenvalue weighted by Gasteiger charge is 2.45. The molecule has 0 radical (unpaired) electrons. The van der Waals surface area contributed by atoms with Gasteiger partial charge in [-0.05, 0) is 13.0 Å². The van der Waals surface area contributed by atoms with Crippen LogP contribution >= 0.6 is 0 Å². The molecule has 0 amide bonds. The summed E-state index contributed by atoms with van der Waals surface area (Å²) in [4.78, 5) is 0. The van der Waals surface area contributed by atoms with E-state index in [2.05, 4.69) is 6.92 Å². The zero-order valence-corrected chi connectivity index (χ0v) is 9.29. The van der Waals surface area contributed by atoms with Crippen molar-refractivity contribution in [3.8, 4) is 0 Å². The molecule has 74 valence electrons. The van der Waals surface area contributed by atoms with Crippen molar-refractivity contribution in [1.29, 1.82) is 0 Å². The van der Waals surface area contributed by atoms with Crippen LogP contribution in [-0.4, -0.2) is 36.7 Å². The first-order valence-electron chi connectivity index (χ1n) is 4.06. The first-order chi connectivity index (χ1) is 5.70. The van der Waals surface area contributed by atoms with Crippen LogP contribution in [0.1, 0.15) is 13.3 Å². The molecular weight excluding hydrogens is 174 g/mol. The molecule has 0 rings (SSSR count). The molecule has 5 heteroatoms. The number of hydrogen-bond acceptors (Lipinski definition) is 4. The SMILES string of the molecule is CCC(CN)[Si](OC)(OC)OC. The summed E-state index contributed by atoms with van der Waals surface area (Å²) < 4.78 is 15.9. The average Bonchev–Trinajstić information content (AvgIpc) is 2.14. The molecule has 0 aliphatic heterocycles. The smallest absolute Gasteiger partial charge is 0.377 e. The summed E-state index contributed by atoms with van der Waals surface area (Å²) in [5, 5.41) is 0. The minimum absolute atomic E-state index is 0.192. The van der Waals surface area contributed by atoms with Gasteiger partial charge in [0.2, 0.25) is 0 Å². The third-order valence-corrected chi connectivity index (χ3v) is 5.48. The van der Waals surface area contributed by atoms with Crippen molar-refractivity contribution in [3.05, 3.63) is 0 Å². The Labute approximate surface area is 75.4 Å². The molecule has 0 saturated carbocycles. The van der Waals surface area contributed by atoms with Crippen LogP contribution in [-0.2, 0) is 13.3 Å². The lowest BCUT2D eigenvalue weighted by atomic mass is 10.3. The topological polar surface area (TPSA) is 53.7 Å². The first kappa shape index (κ1) is 12.1. The van der Waals surface area contributed by atoms with Crippen molar-refractivity contribution in [2.45, 2.75) is 18.9 Å². The van der Waals surface area contributed by atoms with Crippen molar-refractivity contribution in [1.82, 2.24) is 0 Å². The molecule has 0 aromatic heterocycles. The molecular formula is C7H19NO3Si. The van der Waals surface area contributed by atoms with E-state index in [1.807, 2.05) is 0 Å². The molecule has 4 nitrogen and oxygen atoms in total. The van der Waals surface area contributed by atoms with Gasteiger partial charge in [0.05, 0.1) is 0 Å². The van der Waals surface area contributed by atoms with Gasteiger partial charge in [-0.15, -0.1) is 0 Å². The van der Waals surface area contributed by atoms with Crippen molar-refractivity contribution >= 4 is 8.80 Å². The van der Waals surface area contributed by atoms with Crippen molar-refractivity contribution in [2.24, 2.45) is 5.73 Å². The van der Waals surface area contributed by atoms with E-state index in [-0.39, 0.29) is 5.54 Å². The van der Waals surface area contributed by atoms with E-state index in [0.717, 1.165) is 6.42 Å². The van der Waals surface area contributed by atoms with E-state index < -0.39 is 8.80 Å². The van der Waals surface area contributed by atoms with Gasteiger partial charge in [-0.25, -0.2) is 0 Å². The normalized spacial score (nSPS) is 14.8. The number of hydrogen-bond donors (Lipinski definition) is 1. The second-order valence-electron chi connectivity index (χ2n) is 2.56. The fourth-order valence-electron chi connectivity index (χ4n) is 1.31. The highest BCUT2D eigenvalue weighted by molar-refractivity contribution is 6.62. The van der Waals surface area contributed by atoms with Crippen LogP contribution in [0.4, 0.5) is 0 Å². The predicted molar refractivity (Wildman–Crippen MR) is 49.9 cm³/mol. The Morgan fingerprint density at radius 2 is 1.58 bits per heavy atom. The van der Waals surface area contributed by atoms with Gasteiger partial charge in [0.15, 0.2) is 0 Å². The molecule has 0 spiro atoms. The third kappa shape index (κ3) is 2.27. The van der Waals surface area contributed by atoms with Crippen LogP contribution < -0.4 is 5.73 Å². The third-order valence-electron chi connectivity index (χ3n) is 2.13. The highest BCUT2D eigenvalue weighted by Crippen LogP contribution is 2.25. The van der Waals surface area contributed by atoms with Gasteiger partial charge in [-0.1, -0.05) is 6.92 Å². The summed E-state index contributed by atoms with van der Waals surface area (Å²) in [7, 11) is 2.35. The lowest BCUT2D eigenvalue weighted by Gasteiger charge is -2.30. The second kappa shape index (κ2) is 5.66. The Morgan fingerprint density at radius 1 is 1.17 bits per heavy atom. The molecule has 0 heterocycles. The highest BCUT2D eigenvalue weighted by atomic mass is 28.4. The summed E-state index contributed by atoms with van der Waals surface area (Å²) in [6.07, 6.45) is 0.915. The molecule has 0 aliphatic rings. The van der Waals surface area contributed by atoms with E-state index in [1.165, 1.54) is 0 Å². The van der Waals surface area contributed by atoms with Crippen molar-refractivity contribution in [3.63, 3.8) is 0 Å². The summed E-state index contributed by atoms with van der Waals surface area (Å²) in [5.74, 6) is 0. The van der Waals surface area contributed by atoms with Crippen LogP contribution in [0.5, 0.6) is 0 Å². The number of nitrogens with two attached hydrogens (primary N) is 1. The molecule has 1 atom stereocenters. The maximum Gasteiger partial charge on any atom is 0.504 e. The van der Waals surface area contributed by atoms with Gasteiger partial charge in [0.25, 0.3) is 0 Å². The van der Waals surface area contributed by atoms with Crippen molar-refractivity contribution in [2.75, 3.05) is 27.9 Å². The van der Waals surface area contributed by atoms with E-state index >= 15 is 0 Å². The van der Waals surface area contributed by atoms with Crippen LogP contribution in [0.15, 0.2) is 0 Å². The maximum absolute atomic E-state index is 5.59. The molecule has 0 bridgehead atoms. The zero-order valence-electron chi connectivity index (χ0n) is 8.29. The van der Waals surface area contributed by atoms with Gasteiger partial charge in [0, 0.05) is 26.9 Å². The predicted octanol–water partition coefficient (Wildman–Crippen LogP) is 0.603. The molecule has 0 aliphatic carbocycles. The summed E-state index contributed by atoms with van der Waals surface area (Å²) in [6, 6.07) is 0.